The number of ether oxygens (including phenoxy) is 1. The zero-order valence-corrected chi connectivity index (χ0v) is 18.2. The molecule has 3 aromatic carbocycles. The van der Waals surface area contributed by atoms with Crippen LogP contribution in [0, 0.1) is 5.82 Å². The molecule has 1 saturated heterocycles. The van der Waals surface area contributed by atoms with E-state index in [1.807, 2.05) is 41.3 Å². The molecule has 0 bridgehead atoms. The van der Waals surface area contributed by atoms with E-state index in [0.717, 1.165) is 42.5 Å². The second-order valence-electron chi connectivity index (χ2n) is 8.22. The zero-order chi connectivity index (χ0) is 22.6. The van der Waals surface area contributed by atoms with Gasteiger partial charge in [-0.25, -0.2) is 4.39 Å². The Hall–Kier alpha value is -3.64. The molecule has 1 aliphatic rings. The third kappa shape index (κ3) is 4.76. The molecular formula is C27H25FN2O3. The minimum atomic E-state index is -0.198. The molecule has 6 heteroatoms. The molecule has 0 aliphatic carbocycles. The van der Waals surface area contributed by atoms with Gasteiger partial charge in [-0.3, -0.25) is 9.69 Å². The smallest absolute Gasteiger partial charge is 0.227 e. The Morgan fingerprint density at radius 2 is 1.67 bits per heavy atom. The summed E-state index contributed by atoms with van der Waals surface area (Å²) in [6.45, 7) is 3.79. The maximum absolute atomic E-state index is 14.0. The molecular weight excluding hydrogens is 419 g/mol. The Balaban J connectivity index is 1.19. The van der Waals surface area contributed by atoms with Crippen molar-refractivity contribution in [1.29, 1.82) is 0 Å². The van der Waals surface area contributed by atoms with Crippen molar-refractivity contribution in [1.82, 2.24) is 4.90 Å². The number of halogens is 1. The van der Waals surface area contributed by atoms with Crippen LogP contribution >= 0.6 is 0 Å². The predicted octanol–water partition coefficient (Wildman–Crippen LogP) is 4.83. The molecule has 0 N–H and O–H groups in total. The van der Waals surface area contributed by atoms with Gasteiger partial charge in [-0.1, -0.05) is 54.6 Å². The fraction of sp³-hybridized carbons (Fsp3) is 0.222. The van der Waals surface area contributed by atoms with E-state index in [0.29, 0.717) is 24.6 Å². The molecule has 5 nitrogen and oxygen atoms in total. The van der Waals surface area contributed by atoms with Gasteiger partial charge in [0.1, 0.15) is 24.4 Å². The number of para-hydroxylation sites is 1. The monoisotopic (exact) mass is 444 g/mol. The summed E-state index contributed by atoms with van der Waals surface area (Å²) in [4.78, 5) is 16.8. The van der Waals surface area contributed by atoms with Gasteiger partial charge in [0.15, 0.2) is 0 Å². The van der Waals surface area contributed by atoms with E-state index in [1.165, 1.54) is 18.4 Å². The summed E-state index contributed by atoms with van der Waals surface area (Å²) in [5, 5.41) is 2.24. The van der Waals surface area contributed by atoms with Crippen molar-refractivity contribution in [2.45, 2.75) is 13.2 Å². The van der Waals surface area contributed by atoms with Crippen LogP contribution in [0.1, 0.15) is 11.3 Å². The fourth-order valence-electron chi connectivity index (χ4n) is 4.28. The van der Waals surface area contributed by atoms with Gasteiger partial charge >= 0.3 is 0 Å². The molecule has 0 saturated carbocycles. The molecule has 0 unspecified atom stereocenters. The van der Waals surface area contributed by atoms with Crippen LogP contribution in [0.5, 0.6) is 5.75 Å². The molecule has 0 spiro atoms. The lowest BCUT2D eigenvalue weighted by molar-refractivity contribution is 0.224. The van der Waals surface area contributed by atoms with E-state index in [9.17, 15) is 9.18 Å². The Morgan fingerprint density at radius 3 is 2.48 bits per heavy atom. The van der Waals surface area contributed by atoms with Crippen molar-refractivity contribution in [2.75, 3.05) is 31.1 Å². The molecule has 0 radical (unpaired) electrons. The number of fused-ring (bicyclic) bond motifs is 1. The van der Waals surface area contributed by atoms with Gasteiger partial charge in [-0.15, -0.1) is 0 Å². The third-order valence-corrected chi connectivity index (χ3v) is 6.06. The quantitative estimate of drug-likeness (QED) is 0.426. The maximum atomic E-state index is 14.0. The highest BCUT2D eigenvalue weighted by Crippen LogP contribution is 2.22. The van der Waals surface area contributed by atoms with Gasteiger partial charge < -0.3 is 14.1 Å². The Bertz CT molecular complexity index is 1310. The number of anilines is 1. The molecule has 1 aromatic heterocycles. The van der Waals surface area contributed by atoms with Crippen molar-refractivity contribution < 1.29 is 13.5 Å². The normalized spacial score (nSPS) is 14.5. The molecule has 0 atom stereocenters. The highest BCUT2D eigenvalue weighted by Gasteiger charge is 2.20. The molecule has 168 valence electrons. The Kier molecular flexibility index (Phi) is 6.09. The Morgan fingerprint density at radius 1 is 0.909 bits per heavy atom. The number of hydrogen-bond donors (Lipinski definition) is 0. The SMILES string of the molecule is O=c1cc(CN2CCN(c3ccccc3F)CC2)occ1OCc1cccc2ccccc12. The van der Waals surface area contributed by atoms with E-state index >= 15 is 0 Å². The molecule has 4 aromatic rings. The van der Waals surface area contributed by atoms with E-state index in [1.54, 1.807) is 12.1 Å². The predicted molar refractivity (Wildman–Crippen MR) is 127 cm³/mol. The summed E-state index contributed by atoms with van der Waals surface area (Å²) >= 11 is 0. The van der Waals surface area contributed by atoms with E-state index < -0.39 is 0 Å². The van der Waals surface area contributed by atoms with E-state index in [-0.39, 0.29) is 17.0 Å². The zero-order valence-electron chi connectivity index (χ0n) is 18.2. The Labute approximate surface area is 191 Å². The lowest BCUT2D eigenvalue weighted by Gasteiger charge is -2.35. The van der Waals surface area contributed by atoms with Crippen molar-refractivity contribution in [3.05, 3.63) is 106 Å². The highest BCUT2D eigenvalue weighted by atomic mass is 19.1. The summed E-state index contributed by atoms with van der Waals surface area (Å²) in [6.07, 6.45) is 1.40. The first kappa shape index (κ1) is 21.2. The molecule has 1 aliphatic heterocycles. The fourth-order valence-corrected chi connectivity index (χ4v) is 4.28. The molecule has 2 heterocycles. The van der Waals surface area contributed by atoms with Crippen LogP contribution in [0.3, 0.4) is 0 Å². The highest BCUT2D eigenvalue weighted by molar-refractivity contribution is 5.85. The molecule has 5 rings (SSSR count). The first-order valence-corrected chi connectivity index (χ1v) is 11.1. The number of benzene rings is 3. The number of hydrogen-bond acceptors (Lipinski definition) is 5. The van der Waals surface area contributed by atoms with Crippen molar-refractivity contribution in [3.8, 4) is 5.75 Å². The average Bonchev–Trinajstić information content (AvgIpc) is 2.84. The van der Waals surface area contributed by atoms with Gasteiger partial charge in [0.2, 0.25) is 11.2 Å². The van der Waals surface area contributed by atoms with Crippen LogP contribution in [0.2, 0.25) is 0 Å². The summed E-state index contributed by atoms with van der Waals surface area (Å²) in [7, 11) is 0. The van der Waals surface area contributed by atoms with Crippen LogP contribution < -0.4 is 15.1 Å². The average molecular weight is 445 g/mol. The molecule has 33 heavy (non-hydrogen) atoms. The van der Waals surface area contributed by atoms with Crippen LogP contribution in [0.4, 0.5) is 10.1 Å². The van der Waals surface area contributed by atoms with E-state index in [4.69, 9.17) is 9.15 Å². The first-order chi connectivity index (χ1) is 16.2. The van der Waals surface area contributed by atoms with E-state index in [2.05, 4.69) is 17.0 Å². The standard InChI is InChI=1S/C27H25FN2O3/c28-24-10-3-4-11-25(24)30-14-12-29(13-15-30)17-22-16-26(31)27(19-32-22)33-18-21-8-5-7-20-6-1-2-9-23(20)21/h1-11,16,19H,12-15,17-18H2. The van der Waals surface area contributed by atoms with Crippen molar-refractivity contribution >= 4 is 16.5 Å². The number of rotatable bonds is 6. The summed E-state index contributed by atoms with van der Waals surface area (Å²) in [5.74, 6) is 0.601. The largest absolute Gasteiger partial charge is 0.482 e. The van der Waals surface area contributed by atoms with Crippen molar-refractivity contribution in [2.24, 2.45) is 0 Å². The maximum Gasteiger partial charge on any atom is 0.227 e. The van der Waals surface area contributed by atoms with Gasteiger partial charge in [-0.05, 0) is 28.5 Å². The lowest BCUT2D eigenvalue weighted by atomic mass is 10.1. The van der Waals surface area contributed by atoms with Crippen LogP contribution in [-0.2, 0) is 13.2 Å². The summed E-state index contributed by atoms with van der Waals surface area (Å²) in [6, 6.07) is 22.5. The second kappa shape index (κ2) is 9.46. The van der Waals surface area contributed by atoms with Crippen LogP contribution in [0.15, 0.2) is 88.3 Å². The minimum Gasteiger partial charge on any atom is -0.482 e. The van der Waals surface area contributed by atoms with Crippen LogP contribution in [-0.4, -0.2) is 31.1 Å². The topological polar surface area (TPSA) is 45.9 Å². The number of nitrogens with zero attached hydrogens (tertiary/aromatic N) is 2. The van der Waals surface area contributed by atoms with Gasteiger partial charge in [-0.2, -0.15) is 0 Å². The summed E-state index contributed by atoms with van der Waals surface area (Å²) in [5.41, 5.74) is 1.46. The lowest BCUT2D eigenvalue weighted by Crippen LogP contribution is -2.46. The van der Waals surface area contributed by atoms with Crippen molar-refractivity contribution in [3.63, 3.8) is 0 Å². The third-order valence-electron chi connectivity index (χ3n) is 6.06. The molecule has 0 amide bonds. The van der Waals surface area contributed by atoms with Crippen LogP contribution in [0.25, 0.3) is 10.8 Å². The first-order valence-electron chi connectivity index (χ1n) is 11.1. The van der Waals surface area contributed by atoms with Gasteiger partial charge in [0.05, 0.1) is 12.2 Å². The minimum absolute atomic E-state index is 0.193. The van der Waals surface area contributed by atoms with Gasteiger partial charge in [0.25, 0.3) is 0 Å². The number of piperazine rings is 1. The second-order valence-corrected chi connectivity index (χ2v) is 8.22. The van der Waals surface area contributed by atoms with Gasteiger partial charge in [0, 0.05) is 32.2 Å². The molecule has 1 fully saturated rings. The summed E-state index contributed by atoms with van der Waals surface area (Å²) < 4.78 is 25.5.